The second-order valence-corrected chi connectivity index (χ2v) is 10.9. The number of rotatable bonds is 9. The van der Waals surface area contributed by atoms with Crippen molar-refractivity contribution in [2.75, 3.05) is 26.9 Å². The van der Waals surface area contributed by atoms with E-state index in [2.05, 4.69) is 5.32 Å². The Morgan fingerprint density at radius 2 is 2.02 bits per heavy atom. The molecule has 2 amide bonds. The van der Waals surface area contributed by atoms with Crippen LogP contribution in [-0.4, -0.2) is 84.4 Å². The van der Waals surface area contributed by atoms with Crippen molar-refractivity contribution in [2.45, 2.75) is 49.7 Å². The normalized spacial score (nSPS) is 24.5. The predicted octanol–water partition coefficient (Wildman–Crippen LogP) is 2.64. The lowest BCUT2D eigenvalue weighted by molar-refractivity contribution is -0.147. The zero-order valence-electron chi connectivity index (χ0n) is 22.2. The molecule has 0 radical (unpaired) electrons. The number of hydrogen-bond acceptors (Lipinski definition) is 8. The lowest BCUT2D eigenvalue weighted by Gasteiger charge is -2.41. The van der Waals surface area contributed by atoms with Gasteiger partial charge in [-0.05, 0) is 48.7 Å². The highest BCUT2D eigenvalue weighted by atomic mass is 35.5. The average Bonchev–Trinajstić information content (AvgIpc) is 3.65. The van der Waals surface area contributed by atoms with Crippen LogP contribution < -0.4 is 14.8 Å². The Bertz CT molecular complexity index is 1380. The number of amides is 2. The van der Waals surface area contributed by atoms with Crippen molar-refractivity contribution in [3.05, 3.63) is 68.7 Å². The number of carbonyl (C=O) groups is 3. The third kappa shape index (κ3) is 5.67. The molecule has 218 valence electrons. The SMILES string of the molecule is COc1cc(C=O)cc2c1OC1C2C(C(=O)NCCO)=CC(N(Cc2ccc(Cl)c(Cl)c2)C(=O)C2CCCO2)C1O. The molecule has 1 aliphatic carbocycles. The van der Waals surface area contributed by atoms with Crippen molar-refractivity contribution in [2.24, 2.45) is 0 Å². The van der Waals surface area contributed by atoms with E-state index in [1.165, 1.54) is 18.1 Å². The second kappa shape index (κ2) is 12.4. The number of aliphatic hydroxyl groups excluding tert-OH is 2. The van der Waals surface area contributed by atoms with E-state index in [0.29, 0.717) is 51.8 Å². The van der Waals surface area contributed by atoms with Gasteiger partial charge in [0.1, 0.15) is 24.6 Å². The first-order valence-corrected chi connectivity index (χ1v) is 14.0. The van der Waals surface area contributed by atoms with Crippen LogP contribution in [0.25, 0.3) is 0 Å². The van der Waals surface area contributed by atoms with Crippen LogP contribution in [-0.2, 0) is 20.9 Å². The molecule has 10 nitrogen and oxygen atoms in total. The minimum atomic E-state index is -1.28. The third-order valence-electron chi connectivity index (χ3n) is 7.60. The maximum Gasteiger partial charge on any atom is 0.252 e. The summed E-state index contributed by atoms with van der Waals surface area (Å²) in [6.45, 7) is 0.198. The number of carbonyl (C=O) groups excluding carboxylic acids is 3. The highest BCUT2D eigenvalue weighted by Gasteiger charge is 2.52. The fourth-order valence-electron chi connectivity index (χ4n) is 5.68. The van der Waals surface area contributed by atoms with Crippen molar-refractivity contribution in [3.8, 4) is 11.5 Å². The fourth-order valence-corrected chi connectivity index (χ4v) is 6.00. The van der Waals surface area contributed by atoms with Gasteiger partial charge in [0.2, 0.25) is 5.91 Å². The number of aldehydes is 1. The summed E-state index contributed by atoms with van der Waals surface area (Å²) < 4.78 is 17.4. The second-order valence-electron chi connectivity index (χ2n) is 10.1. The van der Waals surface area contributed by atoms with Gasteiger partial charge in [0.05, 0.1) is 35.7 Å². The van der Waals surface area contributed by atoms with Gasteiger partial charge in [-0.15, -0.1) is 0 Å². The van der Waals surface area contributed by atoms with Crippen LogP contribution in [0.4, 0.5) is 0 Å². The molecular formula is C29H30Cl2N2O8. The topological polar surface area (TPSA) is 135 Å². The molecule has 0 saturated carbocycles. The van der Waals surface area contributed by atoms with Gasteiger partial charge >= 0.3 is 0 Å². The molecule has 0 aromatic heterocycles. The maximum absolute atomic E-state index is 13.9. The molecule has 3 aliphatic rings. The molecule has 1 saturated heterocycles. The van der Waals surface area contributed by atoms with E-state index in [0.717, 1.165) is 6.42 Å². The molecule has 41 heavy (non-hydrogen) atoms. The number of benzene rings is 2. The predicted molar refractivity (Wildman–Crippen MR) is 149 cm³/mol. The number of halogens is 2. The molecule has 0 spiro atoms. The van der Waals surface area contributed by atoms with E-state index in [9.17, 15) is 24.6 Å². The smallest absolute Gasteiger partial charge is 0.252 e. The summed E-state index contributed by atoms with van der Waals surface area (Å²) in [4.78, 5) is 40.5. The first kappa shape index (κ1) is 29.3. The quantitative estimate of drug-likeness (QED) is 0.372. The summed E-state index contributed by atoms with van der Waals surface area (Å²) in [5.74, 6) is -1.04. The summed E-state index contributed by atoms with van der Waals surface area (Å²) >= 11 is 12.4. The zero-order chi connectivity index (χ0) is 29.3. The van der Waals surface area contributed by atoms with Crippen LogP contribution in [0.3, 0.4) is 0 Å². The lowest BCUT2D eigenvalue weighted by atomic mass is 9.77. The van der Waals surface area contributed by atoms with Crippen molar-refractivity contribution in [3.63, 3.8) is 0 Å². The van der Waals surface area contributed by atoms with Crippen LogP contribution >= 0.6 is 23.2 Å². The largest absolute Gasteiger partial charge is 0.493 e. The standard InChI is InChI=1S/C29H30Cl2N2O8/c1-39-23-11-16(14-35)9-17-24-18(28(37)32-6-7-34)12-21(25(36)27(24)41-26(17)23)33(29(38)22-3-2-8-40-22)13-15-4-5-19(30)20(31)10-15/h4-5,9-12,14,21-22,24-25,27,34,36H,2-3,6-8,13H2,1H3,(H,32,37). The van der Waals surface area contributed by atoms with Gasteiger partial charge < -0.3 is 34.6 Å². The van der Waals surface area contributed by atoms with Crippen molar-refractivity contribution in [1.82, 2.24) is 10.2 Å². The number of nitrogens with one attached hydrogen (secondary N) is 1. The Morgan fingerprint density at radius 1 is 1.22 bits per heavy atom. The molecule has 2 aromatic rings. The number of fused-ring (bicyclic) bond motifs is 3. The van der Waals surface area contributed by atoms with E-state index in [4.69, 9.17) is 37.4 Å². The number of nitrogens with zero attached hydrogens (tertiary/aromatic N) is 1. The number of ether oxygens (including phenoxy) is 3. The molecule has 5 unspecified atom stereocenters. The molecule has 5 atom stereocenters. The van der Waals surface area contributed by atoms with E-state index in [-0.39, 0.29) is 36.9 Å². The number of aliphatic hydroxyl groups is 2. The van der Waals surface area contributed by atoms with E-state index >= 15 is 0 Å². The van der Waals surface area contributed by atoms with Crippen LogP contribution in [0.2, 0.25) is 10.0 Å². The molecular weight excluding hydrogens is 575 g/mol. The first-order chi connectivity index (χ1) is 19.8. The summed E-state index contributed by atoms with van der Waals surface area (Å²) in [5, 5.41) is 24.5. The Labute approximate surface area is 246 Å². The molecule has 5 rings (SSSR count). The average molecular weight is 605 g/mol. The summed E-state index contributed by atoms with van der Waals surface area (Å²) in [6.07, 6.45) is 0.482. The molecule has 2 aliphatic heterocycles. The van der Waals surface area contributed by atoms with Crippen molar-refractivity contribution < 1.29 is 38.8 Å². The molecule has 1 fully saturated rings. The minimum Gasteiger partial charge on any atom is -0.493 e. The van der Waals surface area contributed by atoms with Gasteiger partial charge in [-0.3, -0.25) is 14.4 Å². The van der Waals surface area contributed by atoms with Gasteiger partial charge in [-0.25, -0.2) is 0 Å². The highest BCUT2D eigenvalue weighted by Crippen LogP contribution is 2.51. The molecule has 12 heteroatoms. The summed E-state index contributed by atoms with van der Waals surface area (Å²) in [5.41, 5.74) is 1.70. The van der Waals surface area contributed by atoms with Crippen LogP contribution in [0.5, 0.6) is 11.5 Å². The Balaban J connectivity index is 1.61. The molecule has 2 heterocycles. The van der Waals surface area contributed by atoms with Crippen LogP contribution in [0.1, 0.15) is 40.2 Å². The van der Waals surface area contributed by atoms with Gasteiger partial charge in [0.15, 0.2) is 11.5 Å². The number of methoxy groups -OCH3 is 1. The van der Waals surface area contributed by atoms with E-state index in [1.807, 2.05) is 0 Å². The van der Waals surface area contributed by atoms with Crippen molar-refractivity contribution >= 4 is 41.3 Å². The van der Waals surface area contributed by atoms with Gasteiger partial charge in [-0.1, -0.05) is 29.3 Å². The fraction of sp³-hybridized carbons (Fsp3) is 0.414. The van der Waals surface area contributed by atoms with Crippen LogP contribution in [0, 0.1) is 0 Å². The molecule has 2 aromatic carbocycles. The maximum atomic E-state index is 13.9. The van der Waals surface area contributed by atoms with E-state index in [1.54, 1.807) is 30.3 Å². The molecule has 0 bridgehead atoms. The Morgan fingerprint density at radius 3 is 2.68 bits per heavy atom. The number of hydrogen-bond donors (Lipinski definition) is 3. The lowest BCUT2D eigenvalue weighted by Crippen LogP contribution is -2.57. The summed E-state index contributed by atoms with van der Waals surface area (Å²) in [7, 11) is 1.43. The van der Waals surface area contributed by atoms with Crippen LogP contribution in [0.15, 0.2) is 42.0 Å². The monoisotopic (exact) mass is 604 g/mol. The van der Waals surface area contributed by atoms with Gasteiger partial charge in [-0.2, -0.15) is 0 Å². The molecule has 3 N–H and O–H groups in total. The van der Waals surface area contributed by atoms with Crippen molar-refractivity contribution in [1.29, 1.82) is 0 Å². The zero-order valence-corrected chi connectivity index (χ0v) is 23.7. The minimum absolute atomic E-state index is 0.00593. The third-order valence-corrected chi connectivity index (χ3v) is 8.33. The Kier molecular flexibility index (Phi) is 8.86. The van der Waals surface area contributed by atoms with Gasteiger partial charge in [0.25, 0.3) is 5.91 Å². The summed E-state index contributed by atoms with van der Waals surface area (Å²) in [6, 6.07) is 7.11. The van der Waals surface area contributed by atoms with Gasteiger partial charge in [0, 0.05) is 36.4 Å². The Hall–Kier alpha value is -3.15. The van der Waals surface area contributed by atoms with E-state index < -0.39 is 36.2 Å². The highest BCUT2D eigenvalue weighted by molar-refractivity contribution is 6.42. The first-order valence-electron chi connectivity index (χ1n) is 13.3.